The van der Waals surface area contributed by atoms with Crippen molar-refractivity contribution in [2.75, 3.05) is 13.2 Å². The molecular weight excluding hydrogens is 366 g/mol. The van der Waals surface area contributed by atoms with E-state index in [1.54, 1.807) is 18.2 Å². The second-order valence-corrected chi connectivity index (χ2v) is 6.53. The Morgan fingerprint density at radius 2 is 1.85 bits per heavy atom. The van der Waals surface area contributed by atoms with E-state index < -0.39 is 6.10 Å². The molecule has 3 aromatic rings. The lowest BCUT2D eigenvalue weighted by atomic mass is 10.1. The Morgan fingerprint density at radius 3 is 2.56 bits per heavy atom. The molecule has 1 atom stereocenters. The SMILES string of the molecule is CC(C)NCC(O)COc1ccc2oc(-c3ccccc3)cc(=O)c2c1.Cl. The molecule has 6 heteroatoms. The molecule has 0 aliphatic rings. The van der Waals surface area contributed by atoms with Gasteiger partial charge in [0.1, 0.15) is 29.8 Å². The van der Waals surface area contributed by atoms with Crippen molar-refractivity contribution < 1.29 is 14.3 Å². The third-order valence-corrected chi connectivity index (χ3v) is 3.96. The van der Waals surface area contributed by atoms with Crippen LogP contribution in [0.4, 0.5) is 0 Å². The fourth-order valence-electron chi connectivity index (χ4n) is 2.59. The topological polar surface area (TPSA) is 71.7 Å². The van der Waals surface area contributed by atoms with Crippen LogP contribution in [0.5, 0.6) is 5.75 Å². The van der Waals surface area contributed by atoms with Crippen molar-refractivity contribution in [2.45, 2.75) is 26.0 Å². The van der Waals surface area contributed by atoms with E-state index >= 15 is 0 Å². The van der Waals surface area contributed by atoms with Crippen LogP contribution in [0.2, 0.25) is 0 Å². The zero-order chi connectivity index (χ0) is 18.5. The third-order valence-electron chi connectivity index (χ3n) is 3.96. The molecule has 5 nitrogen and oxygen atoms in total. The minimum absolute atomic E-state index is 0. The number of hydrogen-bond acceptors (Lipinski definition) is 5. The summed E-state index contributed by atoms with van der Waals surface area (Å²) in [4.78, 5) is 12.5. The van der Waals surface area contributed by atoms with Gasteiger partial charge in [-0.05, 0) is 18.2 Å². The van der Waals surface area contributed by atoms with Crippen molar-refractivity contribution in [3.63, 3.8) is 0 Å². The second kappa shape index (κ2) is 9.55. The number of hydrogen-bond donors (Lipinski definition) is 2. The molecule has 0 radical (unpaired) electrons. The Kier molecular flexibility index (Phi) is 7.42. The summed E-state index contributed by atoms with van der Waals surface area (Å²) in [6, 6.07) is 16.4. The van der Waals surface area contributed by atoms with Gasteiger partial charge in [-0.1, -0.05) is 44.2 Å². The van der Waals surface area contributed by atoms with Crippen molar-refractivity contribution in [1.29, 1.82) is 0 Å². The molecule has 1 aromatic heterocycles. The molecule has 0 amide bonds. The fourth-order valence-corrected chi connectivity index (χ4v) is 2.59. The predicted molar refractivity (Wildman–Crippen MR) is 110 cm³/mol. The summed E-state index contributed by atoms with van der Waals surface area (Å²) >= 11 is 0. The molecule has 3 rings (SSSR count). The Morgan fingerprint density at radius 1 is 1.11 bits per heavy atom. The van der Waals surface area contributed by atoms with Gasteiger partial charge in [-0.15, -0.1) is 12.4 Å². The minimum Gasteiger partial charge on any atom is -0.491 e. The monoisotopic (exact) mass is 389 g/mol. The lowest BCUT2D eigenvalue weighted by Crippen LogP contribution is -2.35. The van der Waals surface area contributed by atoms with Crippen LogP contribution in [0, 0.1) is 0 Å². The summed E-state index contributed by atoms with van der Waals surface area (Å²) in [6.45, 7) is 4.63. The second-order valence-electron chi connectivity index (χ2n) is 6.53. The van der Waals surface area contributed by atoms with Gasteiger partial charge < -0.3 is 19.6 Å². The molecule has 0 fully saturated rings. The molecule has 144 valence electrons. The maximum absolute atomic E-state index is 12.5. The molecule has 1 heterocycles. The van der Waals surface area contributed by atoms with Crippen molar-refractivity contribution in [1.82, 2.24) is 5.32 Å². The number of aliphatic hydroxyl groups is 1. The minimum atomic E-state index is -0.620. The first kappa shape index (κ1) is 21.0. The van der Waals surface area contributed by atoms with E-state index in [9.17, 15) is 9.90 Å². The number of rotatable bonds is 7. The first-order valence-electron chi connectivity index (χ1n) is 8.70. The Bertz CT molecular complexity index is 924. The lowest BCUT2D eigenvalue weighted by Gasteiger charge is -2.15. The van der Waals surface area contributed by atoms with Crippen molar-refractivity contribution in [2.24, 2.45) is 0 Å². The number of nitrogens with one attached hydrogen (secondary N) is 1. The smallest absolute Gasteiger partial charge is 0.193 e. The fraction of sp³-hybridized carbons (Fsp3) is 0.286. The van der Waals surface area contributed by atoms with Crippen LogP contribution in [0.25, 0.3) is 22.3 Å². The van der Waals surface area contributed by atoms with Crippen LogP contribution in [-0.4, -0.2) is 30.4 Å². The van der Waals surface area contributed by atoms with Gasteiger partial charge in [0.15, 0.2) is 5.43 Å². The van der Waals surface area contributed by atoms with Crippen LogP contribution in [-0.2, 0) is 0 Å². The summed E-state index contributed by atoms with van der Waals surface area (Å²) in [7, 11) is 0. The van der Waals surface area contributed by atoms with Crippen molar-refractivity contribution in [3.8, 4) is 17.1 Å². The molecule has 0 saturated heterocycles. The molecule has 0 aliphatic heterocycles. The van der Waals surface area contributed by atoms with Gasteiger partial charge in [0, 0.05) is 24.2 Å². The molecule has 0 spiro atoms. The number of halogens is 1. The average molecular weight is 390 g/mol. The summed E-state index contributed by atoms with van der Waals surface area (Å²) in [6.07, 6.45) is -0.620. The number of ether oxygens (including phenoxy) is 1. The lowest BCUT2D eigenvalue weighted by molar-refractivity contribution is 0.105. The highest BCUT2D eigenvalue weighted by Gasteiger charge is 2.10. The first-order chi connectivity index (χ1) is 12.5. The number of aliphatic hydroxyl groups excluding tert-OH is 1. The normalized spacial score (nSPS) is 12.0. The van der Waals surface area contributed by atoms with Gasteiger partial charge in [-0.2, -0.15) is 0 Å². The van der Waals surface area contributed by atoms with E-state index in [1.807, 2.05) is 44.2 Å². The highest BCUT2D eigenvalue weighted by Crippen LogP contribution is 2.24. The molecule has 27 heavy (non-hydrogen) atoms. The van der Waals surface area contributed by atoms with Crippen LogP contribution in [0.15, 0.2) is 63.8 Å². The number of fused-ring (bicyclic) bond motifs is 1. The van der Waals surface area contributed by atoms with E-state index in [2.05, 4.69) is 5.32 Å². The van der Waals surface area contributed by atoms with Gasteiger partial charge in [0.25, 0.3) is 0 Å². The van der Waals surface area contributed by atoms with E-state index in [0.717, 1.165) is 5.56 Å². The zero-order valence-corrected chi connectivity index (χ0v) is 16.2. The largest absolute Gasteiger partial charge is 0.491 e. The summed E-state index contributed by atoms with van der Waals surface area (Å²) in [5.74, 6) is 1.06. The maximum Gasteiger partial charge on any atom is 0.193 e. The highest BCUT2D eigenvalue weighted by molar-refractivity contribution is 5.85. The zero-order valence-electron chi connectivity index (χ0n) is 15.3. The Labute approximate surface area is 164 Å². The molecular formula is C21H24ClNO4. The van der Waals surface area contributed by atoms with Gasteiger partial charge in [0.2, 0.25) is 0 Å². The third kappa shape index (κ3) is 5.57. The predicted octanol–water partition coefficient (Wildman–Crippen LogP) is 3.62. The summed E-state index contributed by atoms with van der Waals surface area (Å²) < 4.78 is 11.5. The van der Waals surface area contributed by atoms with Crippen LogP contribution < -0.4 is 15.5 Å². The highest BCUT2D eigenvalue weighted by atomic mass is 35.5. The molecule has 0 bridgehead atoms. The van der Waals surface area contributed by atoms with Crippen LogP contribution in [0.3, 0.4) is 0 Å². The molecule has 0 aliphatic carbocycles. The standard InChI is InChI=1S/C21H23NO4.ClH/c1-14(2)22-12-16(23)13-25-17-8-9-20-18(10-17)19(24)11-21(26-20)15-6-4-3-5-7-15;/h3-11,14,16,22-23H,12-13H2,1-2H3;1H. The van der Waals surface area contributed by atoms with Gasteiger partial charge in [-0.25, -0.2) is 0 Å². The summed E-state index contributed by atoms with van der Waals surface area (Å²) in [5.41, 5.74) is 1.23. The quantitative estimate of drug-likeness (QED) is 0.645. The van der Waals surface area contributed by atoms with Crippen molar-refractivity contribution in [3.05, 3.63) is 64.8 Å². The maximum atomic E-state index is 12.5. The molecule has 0 saturated carbocycles. The Hall–Kier alpha value is -2.34. The van der Waals surface area contributed by atoms with E-state index in [0.29, 0.717) is 35.1 Å². The van der Waals surface area contributed by atoms with Crippen LogP contribution in [0.1, 0.15) is 13.8 Å². The van der Waals surface area contributed by atoms with E-state index in [4.69, 9.17) is 9.15 Å². The van der Waals surface area contributed by atoms with Gasteiger partial charge >= 0.3 is 0 Å². The number of benzene rings is 2. The van der Waals surface area contributed by atoms with Crippen molar-refractivity contribution >= 4 is 23.4 Å². The average Bonchev–Trinajstić information content (AvgIpc) is 2.65. The molecule has 2 aromatic carbocycles. The van der Waals surface area contributed by atoms with Gasteiger partial charge in [-0.3, -0.25) is 4.79 Å². The van der Waals surface area contributed by atoms with E-state index in [-0.39, 0.29) is 24.4 Å². The van der Waals surface area contributed by atoms with Gasteiger partial charge in [0.05, 0.1) is 5.39 Å². The summed E-state index contributed by atoms with van der Waals surface area (Å²) in [5, 5.41) is 13.5. The Balaban J connectivity index is 0.00000261. The first-order valence-corrected chi connectivity index (χ1v) is 8.70. The molecule has 1 unspecified atom stereocenters. The molecule has 2 N–H and O–H groups in total. The van der Waals surface area contributed by atoms with E-state index in [1.165, 1.54) is 6.07 Å². The van der Waals surface area contributed by atoms with Crippen LogP contribution >= 0.6 is 12.4 Å².